The minimum absolute atomic E-state index is 0.0535. The third-order valence-corrected chi connectivity index (χ3v) is 5.41. The second-order valence-electron chi connectivity index (χ2n) is 8.25. The quantitative estimate of drug-likeness (QED) is 0.275. The van der Waals surface area contributed by atoms with Crippen LogP contribution in [0.5, 0.6) is 0 Å². The smallest absolute Gasteiger partial charge is 0.252 e. The van der Waals surface area contributed by atoms with Crippen LogP contribution >= 0.6 is 0 Å². The molecule has 4 rings (SSSR count). The summed E-state index contributed by atoms with van der Waals surface area (Å²) >= 11 is 0. The molecule has 166 valence electrons. The lowest BCUT2D eigenvalue weighted by Crippen LogP contribution is -2.26. The molecule has 0 radical (unpaired) electrons. The van der Waals surface area contributed by atoms with Gasteiger partial charge in [-0.2, -0.15) is 0 Å². The predicted octanol–water partition coefficient (Wildman–Crippen LogP) is 5.05. The first-order valence-corrected chi connectivity index (χ1v) is 11.0. The van der Waals surface area contributed by atoms with Gasteiger partial charge in [0.05, 0.1) is 11.4 Å². The summed E-state index contributed by atoms with van der Waals surface area (Å²) in [5.74, 6) is -0.308. The molecule has 5 nitrogen and oxygen atoms in total. The maximum absolute atomic E-state index is 12.9. The first kappa shape index (κ1) is 22.1. The number of benzene rings is 3. The number of nitrogen functional groups attached to an aromatic ring is 1. The van der Waals surface area contributed by atoms with Crippen LogP contribution in [-0.4, -0.2) is 17.9 Å². The number of carbonyl (C=O) groups is 2. The van der Waals surface area contributed by atoms with Crippen molar-refractivity contribution in [1.29, 1.82) is 0 Å². The molecule has 1 aliphatic rings. The molecule has 0 atom stereocenters. The highest BCUT2D eigenvalue weighted by Crippen LogP contribution is 2.24. The van der Waals surface area contributed by atoms with E-state index in [2.05, 4.69) is 10.6 Å². The highest BCUT2D eigenvalue weighted by atomic mass is 16.2. The number of nitrogens with two attached hydrogens (primary N) is 1. The number of anilines is 2. The van der Waals surface area contributed by atoms with Gasteiger partial charge in [0.2, 0.25) is 5.91 Å². The lowest BCUT2D eigenvalue weighted by molar-refractivity contribution is -0.115. The maximum atomic E-state index is 12.9. The zero-order valence-corrected chi connectivity index (χ0v) is 18.5. The van der Waals surface area contributed by atoms with Crippen molar-refractivity contribution < 1.29 is 9.59 Å². The van der Waals surface area contributed by atoms with Gasteiger partial charge in [-0.05, 0) is 60.7 Å². The summed E-state index contributed by atoms with van der Waals surface area (Å²) in [5.41, 5.74) is 11.4. The number of rotatable bonds is 7. The molecule has 0 unspecified atom stereocenters. The minimum Gasteiger partial charge on any atom is -0.397 e. The molecule has 1 saturated carbocycles. The zero-order valence-electron chi connectivity index (χ0n) is 18.5. The van der Waals surface area contributed by atoms with E-state index in [0.29, 0.717) is 16.9 Å². The second kappa shape index (κ2) is 10.0. The van der Waals surface area contributed by atoms with Crippen molar-refractivity contribution in [1.82, 2.24) is 5.32 Å². The Labute approximate surface area is 194 Å². The Morgan fingerprint density at radius 2 is 1.58 bits per heavy atom. The van der Waals surface area contributed by atoms with Gasteiger partial charge in [0.25, 0.3) is 5.91 Å². The van der Waals surface area contributed by atoms with Crippen LogP contribution in [0.15, 0.2) is 78.9 Å². The zero-order chi connectivity index (χ0) is 23.2. The summed E-state index contributed by atoms with van der Waals surface area (Å²) < 4.78 is 0. The van der Waals surface area contributed by atoms with Crippen LogP contribution in [0.4, 0.5) is 11.4 Å². The normalized spacial score (nSPS) is 13.7. The summed E-state index contributed by atoms with van der Waals surface area (Å²) in [6.07, 6.45) is 7.19. The molecule has 1 fully saturated rings. The second-order valence-corrected chi connectivity index (χ2v) is 8.25. The van der Waals surface area contributed by atoms with Crippen LogP contribution in [0.2, 0.25) is 0 Å². The Morgan fingerprint density at radius 3 is 2.24 bits per heavy atom. The number of amides is 2. The first-order chi connectivity index (χ1) is 16.0. The van der Waals surface area contributed by atoms with Gasteiger partial charge in [-0.15, -0.1) is 0 Å². The number of hydrogen-bond acceptors (Lipinski definition) is 3. The molecule has 3 aromatic carbocycles. The number of hydrogen-bond donors (Lipinski definition) is 3. The Hall–Kier alpha value is -4.12. The highest BCUT2D eigenvalue weighted by Gasteiger charge is 2.25. The fourth-order valence-electron chi connectivity index (χ4n) is 3.33. The Bertz CT molecular complexity index is 1200. The van der Waals surface area contributed by atoms with Crippen LogP contribution in [0.1, 0.15) is 35.1 Å². The first-order valence-electron chi connectivity index (χ1n) is 11.0. The predicted molar refractivity (Wildman–Crippen MR) is 135 cm³/mol. The fourth-order valence-corrected chi connectivity index (χ4v) is 3.33. The van der Waals surface area contributed by atoms with Crippen molar-refractivity contribution in [2.45, 2.75) is 25.8 Å². The van der Waals surface area contributed by atoms with Crippen molar-refractivity contribution in [2.75, 3.05) is 11.1 Å². The average molecular weight is 438 g/mol. The van der Waals surface area contributed by atoms with Gasteiger partial charge >= 0.3 is 0 Å². The summed E-state index contributed by atoms with van der Waals surface area (Å²) in [5, 5.41) is 5.85. The third kappa shape index (κ3) is 6.20. The van der Waals surface area contributed by atoms with E-state index in [-0.39, 0.29) is 17.9 Å². The van der Waals surface area contributed by atoms with E-state index < -0.39 is 0 Å². The SMILES string of the molecule is Cc1ccc(/C(=C\c2ccc(/C=C/C(=O)Nc3ccccc3N)cc2)C(=O)NC2CC2)cc1. The van der Waals surface area contributed by atoms with Crippen LogP contribution in [0, 0.1) is 6.92 Å². The van der Waals surface area contributed by atoms with E-state index in [1.165, 1.54) is 6.08 Å². The third-order valence-electron chi connectivity index (χ3n) is 5.41. The largest absolute Gasteiger partial charge is 0.397 e. The van der Waals surface area contributed by atoms with Gasteiger partial charge in [-0.3, -0.25) is 9.59 Å². The molecule has 0 bridgehead atoms. The number of para-hydroxylation sites is 2. The maximum Gasteiger partial charge on any atom is 0.252 e. The van der Waals surface area contributed by atoms with Crippen LogP contribution in [0.3, 0.4) is 0 Å². The van der Waals surface area contributed by atoms with E-state index in [4.69, 9.17) is 5.73 Å². The molecular formula is C28H27N3O2. The van der Waals surface area contributed by atoms with Crippen molar-refractivity contribution >= 4 is 40.9 Å². The molecule has 3 aromatic rings. The van der Waals surface area contributed by atoms with E-state index in [1.807, 2.05) is 73.7 Å². The summed E-state index contributed by atoms with van der Waals surface area (Å²) in [6.45, 7) is 2.03. The molecule has 0 spiro atoms. The molecule has 0 aromatic heterocycles. The molecule has 1 aliphatic carbocycles. The monoisotopic (exact) mass is 437 g/mol. The highest BCUT2D eigenvalue weighted by molar-refractivity contribution is 6.24. The van der Waals surface area contributed by atoms with Crippen molar-refractivity contribution in [2.24, 2.45) is 0 Å². The van der Waals surface area contributed by atoms with Crippen molar-refractivity contribution in [3.05, 3.63) is 101 Å². The summed E-state index contributed by atoms with van der Waals surface area (Å²) in [6, 6.07) is 23.1. The molecule has 4 N–H and O–H groups in total. The van der Waals surface area contributed by atoms with Crippen LogP contribution in [0.25, 0.3) is 17.7 Å². The molecule has 5 heteroatoms. The lowest BCUT2D eigenvalue weighted by Gasteiger charge is -2.10. The van der Waals surface area contributed by atoms with Crippen molar-refractivity contribution in [3.8, 4) is 0 Å². The van der Waals surface area contributed by atoms with Crippen molar-refractivity contribution in [3.63, 3.8) is 0 Å². The molecule has 0 heterocycles. The Morgan fingerprint density at radius 1 is 0.909 bits per heavy atom. The average Bonchev–Trinajstić information content (AvgIpc) is 3.63. The number of nitrogens with one attached hydrogen (secondary N) is 2. The van der Waals surface area contributed by atoms with Gasteiger partial charge in [0.15, 0.2) is 0 Å². The minimum atomic E-state index is -0.254. The van der Waals surface area contributed by atoms with Gasteiger partial charge in [0, 0.05) is 17.7 Å². The van der Waals surface area contributed by atoms with E-state index in [1.54, 1.807) is 18.2 Å². The van der Waals surface area contributed by atoms with Gasteiger partial charge in [-0.25, -0.2) is 0 Å². The Kier molecular flexibility index (Phi) is 6.69. The lowest BCUT2D eigenvalue weighted by atomic mass is 10.00. The summed E-state index contributed by atoms with van der Waals surface area (Å²) in [7, 11) is 0. The molecule has 0 saturated heterocycles. The van der Waals surface area contributed by atoms with E-state index in [9.17, 15) is 9.59 Å². The topological polar surface area (TPSA) is 84.2 Å². The standard InChI is InChI=1S/C28H27N3O2/c1-19-6-13-22(14-7-19)24(28(33)30-23-15-16-23)18-21-10-8-20(9-11-21)12-17-27(32)31-26-5-3-2-4-25(26)29/h2-14,17-18,23H,15-16,29H2,1H3,(H,30,33)(H,31,32)/b17-12+,24-18+. The van der Waals surface area contributed by atoms with Gasteiger partial charge in [-0.1, -0.05) is 66.2 Å². The Balaban J connectivity index is 1.48. The number of carbonyl (C=O) groups excluding carboxylic acids is 2. The van der Waals surface area contributed by atoms with E-state index in [0.717, 1.165) is 35.1 Å². The molecule has 33 heavy (non-hydrogen) atoms. The number of aryl methyl sites for hydroxylation is 1. The molecule has 0 aliphatic heterocycles. The van der Waals surface area contributed by atoms with Crippen LogP contribution < -0.4 is 16.4 Å². The molecule has 2 amide bonds. The van der Waals surface area contributed by atoms with Gasteiger partial charge < -0.3 is 16.4 Å². The van der Waals surface area contributed by atoms with Crippen LogP contribution in [-0.2, 0) is 9.59 Å². The van der Waals surface area contributed by atoms with E-state index >= 15 is 0 Å². The van der Waals surface area contributed by atoms with Gasteiger partial charge in [0.1, 0.15) is 0 Å². The fraction of sp³-hybridized carbons (Fsp3) is 0.143. The molecular weight excluding hydrogens is 410 g/mol. The summed E-state index contributed by atoms with van der Waals surface area (Å²) in [4.78, 5) is 25.0.